The van der Waals surface area contributed by atoms with Crippen LogP contribution in [0.4, 0.5) is 11.4 Å². The van der Waals surface area contributed by atoms with Gasteiger partial charge in [0.1, 0.15) is 18.8 Å². The average molecular weight is 411 g/mol. The number of fused-ring (bicyclic) bond motifs is 1. The van der Waals surface area contributed by atoms with Crippen LogP contribution >= 0.6 is 11.6 Å². The lowest BCUT2D eigenvalue weighted by Crippen LogP contribution is -3.09. The van der Waals surface area contributed by atoms with Crippen LogP contribution in [0.5, 0.6) is 0 Å². The molecule has 1 atom stereocenters. The molecule has 0 radical (unpaired) electrons. The number of nitrogens with one attached hydrogen (secondary N) is 2. The van der Waals surface area contributed by atoms with Gasteiger partial charge in [0.05, 0.1) is 18.4 Å². The molecular weight excluding hydrogens is 390 g/mol. The van der Waals surface area contributed by atoms with Gasteiger partial charge in [-0.2, -0.15) is 0 Å². The Labute approximate surface area is 173 Å². The number of carbonyl (C=O) groups is 2. The van der Waals surface area contributed by atoms with E-state index in [-0.39, 0.29) is 24.9 Å². The largest absolute Gasteiger partial charge is 0.455 e. The molecule has 4 rings (SSSR count). The molecule has 0 aliphatic carbocycles. The molecule has 0 fully saturated rings. The molecule has 2 heterocycles. The van der Waals surface area contributed by atoms with Crippen molar-refractivity contribution in [1.82, 2.24) is 0 Å². The van der Waals surface area contributed by atoms with E-state index in [2.05, 4.69) is 5.32 Å². The first-order valence-electron chi connectivity index (χ1n) is 9.35. The number of halogens is 1. The minimum absolute atomic E-state index is 0.0323. The lowest BCUT2D eigenvalue weighted by Gasteiger charge is -2.29. The van der Waals surface area contributed by atoms with E-state index in [9.17, 15) is 9.59 Å². The summed E-state index contributed by atoms with van der Waals surface area (Å²) in [5.41, 5.74) is 2.34. The lowest BCUT2D eigenvalue weighted by molar-refractivity contribution is -0.886. The third kappa shape index (κ3) is 4.34. The highest BCUT2D eigenvalue weighted by atomic mass is 35.5. The van der Waals surface area contributed by atoms with E-state index in [0.29, 0.717) is 17.3 Å². The number of hydrogen-bond donors (Lipinski definition) is 2. The molecule has 1 aliphatic heterocycles. The van der Waals surface area contributed by atoms with Gasteiger partial charge in [-0.25, -0.2) is 0 Å². The van der Waals surface area contributed by atoms with Crippen molar-refractivity contribution >= 4 is 34.8 Å². The molecule has 0 saturated carbocycles. The summed E-state index contributed by atoms with van der Waals surface area (Å²) in [6.07, 6.45) is 0. The van der Waals surface area contributed by atoms with E-state index in [4.69, 9.17) is 16.0 Å². The Bertz CT molecular complexity index is 1050. The van der Waals surface area contributed by atoms with Crippen molar-refractivity contribution < 1.29 is 18.9 Å². The highest BCUT2D eigenvalue weighted by Crippen LogP contribution is 2.28. The summed E-state index contributed by atoms with van der Waals surface area (Å²) in [6, 6.07) is 18.6. The van der Waals surface area contributed by atoms with E-state index in [0.717, 1.165) is 27.7 Å². The molecule has 7 heteroatoms. The van der Waals surface area contributed by atoms with Gasteiger partial charge in [0.15, 0.2) is 12.3 Å². The van der Waals surface area contributed by atoms with Crippen LogP contribution in [-0.4, -0.2) is 32.0 Å². The van der Waals surface area contributed by atoms with Crippen LogP contribution in [0.2, 0.25) is 5.02 Å². The normalized spacial score (nSPS) is 14.3. The number of benzene rings is 2. The van der Waals surface area contributed by atoms with Crippen molar-refractivity contribution in [2.45, 2.75) is 6.54 Å². The lowest BCUT2D eigenvalue weighted by atomic mass is 10.2. The van der Waals surface area contributed by atoms with Crippen LogP contribution in [0.1, 0.15) is 5.76 Å². The van der Waals surface area contributed by atoms with Crippen LogP contribution < -0.4 is 15.1 Å². The van der Waals surface area contributed by atoms with Crippen molar-refractivity contribution in [1.29, 1.82) is 0 Å². The zero-order valence-electron chi connectivity index (χ0n) is 15.9. The predicted octanol–water partition coefficient (Wildman–Crippen LogP) is 2.60. The second-order valence-corrected chi connectivity index (χ2v) is 7.57. The topological polar surface area (TPSA) is 67.0 Å². The SMILES string of the molecule is C[NH+](CC(=O)N1CC(=O)Nc2ccccc21)Cc1ccc(-c2ccc(Cl)cc2)o1. The summed E-state index contributed by atoms with van der Waals surface area (Å²) in [5.74, 6) is 1.26. The number of carbonyl (C=O) groups excluding carboxylic acids is 2. The third-order valence-electron chi connectivity index (χ3n) is 4.79. The molecule has 6 nitrogen and oxygen atoms in total. The molecule has 0 saturated heterocycles. The van der Waals surface area contributed by atoms with Gasteiger partial charge in [-0.3, -0.25) is 14.5 Å². The number of furan rings is 1. The molecule has 29 heavy (non-hydrogen) atoms. The van der Waals surface area contributed by atoms with E-state index < -0.39 is 0 Å². The highest BCUT2D eigenvalue weighted by Gasteiger charge is 2.28. The minimum Gasteiger partial charge on any atom is -0.455 e. The van der Waals surface area contributed by atoms with E-state index in [1.807, 2.05) is 61.6 Å². The number of amides is 2. The fourth-order valence-electron chi connectivity index (χ4n) is 3.41. The van der Waals surface area contributed by atoms with Gasteiger partial charge in [0, 0.05) is 10.6 Å². The number of quaternary nitrogens is 1. The number of nitrogens with zero attached hydrogens (tertiary/aromatic N) is 1. The quantitative estimate of drug-likeness (QED) is 0.679. The van der Waals surface area contributed by atoms with Gasteiger partial charge in [-0.1, -0.05) is 23.7 Å². The molecular formula is C22H21ClN3O3+. The van der Waals surface area contributed by atoms with Crippen molar-refractivity contribution in [2.24, 2.45) is 0 Å². The monoisotopic (exact) mass is 410 g/mol. The van der Waals surface area contributed by atoms with Crippen LogP contribution in [0.25, 0.3) is 11.3 Å². The first kappa shape index (κ1) is 19.2. The van der Waals surface area contributed by atoms with E-state index in [1.165, 1.54) is 0 Å². The van der Waals surface area contributed by atoms with Crippen LogP contribution in [0, 0.1) is 0 Å². The standard InChI is InChI=1S/C22H20ClN3O3/c1-25(12-17-10-11-20(29-17)15-6-8-16(23)9-7-15)14-22(28)26-13-21(27)24-18-4-2-3-5-19(18)26/h2-11H,12-14H2,1H3,(H,24,27)/p+1. The minimum atomic E-state index is -0.187. The molecule has 2 aromatic carbocycles. The average Bonchev–Trinajstić information content (AvgIpc) is 3.16. The Morgan fingerprint density at radius 3 is 2.69 bits per heavy atom. The second kappa shape index (κ2) is 8.11. The van der Waals surface area contributed by atoms with Crippen LogP contribution in [0.15, 0.2) is 65.1 Å². The maximum Gasteiger partial charge on any atom is 0.282 e. The van der Waals surface area contributed by atoms with Gasteiger partial charge >= 0.3 is 0 Å². The Morgan fingerprint density at radius 2 is 1.90 bits per heavy atom. The summed E-state index contributed by atoms with van der Waals surface area (Å²) < 4.78 is 5.93. The van der Waals surface area contributed by atoms with Gasteiger partial charge in [0.25, 0.3) is 5.91 Å². The smallest absolute Gasteiger partial charge is 0.282 e. The fourth-order valence-corrected chi connectivity index (χ4v) is 3.54. The Hall–Kier alpha value is -3.09. The molecule has 0 spiro atoms. The molecule has 3 aromatic rings. The van der Waals surface area contributed by atoms with Crippen molar-refractivity contribution in [3.8, 4) is 11.3 Å². The summed E-state index contributed by atoms with van der Waals surface area (Å²) in [4.78, 5) is 27.3. The number of anilines is 2. The second-order valence-electron chi connectivity index (χ2n) is 7.13. The maximum atomic E-state index is 12.8. The fraction of sp³-hybridized carbons (Fsp3) is 0.182. The molecule has 2 amide bonds. The molecule has 1 aromatic heterocycles. The van der Waals surface area contributed by atoms with Gasteiger partial charge < -0.3 is 14.6 Å². The summed E-state index contributed by atoms with van der Waals surface area (Å²) in [5, 5.41) is 3.47. The van der Waals surface area contributed by atoms with Crippen molar-refractivity contribution in [3.63, 3.8) is 0 Å². The zero-order chi connectivity index (χ0) is 20.4. The maximum absolute atomic E-state index is 12.8. The van der Waals surface area contributed by atoms with Crippen LogP contribution in [0.3, 0.4) is 0 Å². The Morgan fingerprint density at radius 1 is 1.14 bits per heavy atom. The van der Waals surface area contributed by atoms with E-state index in [1.54, 1.807) is 11.0 Å². The summed E-state index contributed by atoms with van der Waals surface area (Å²) in [6.45, 7) is 0.837. The zero-order valence-corrected chi connectivity index (χ0v) is 16.7. The number of para-hydroxylation sites is 2. The number of rotatable bonds is 5. The molecule has 2 N–H and O–H groups in total. The Kier molecular flexibility index (Phi) is 5.38. The highest BCUT2D eigenvalue weighted by molar-refractivity contribution is 6.30. The van der Waals surface area contributed by atoms with Gasteiger partial charge in [-0.15, -0.1) is 0 Å². The molecule has 1 unspecified atom stereocenters. The third-order valence-corrected chi connectivity index (χ3v) is 5.04. The number of likely N-dealkylation sites (N-methyl/N-ethyl adjacent to an activating group) is 1. The van der Waals surface area contributed by atoms with E-state index >= 15 is 0 Å². The first-order chi connectivity index (χ1) is 14.0. The van der Waals surface area contributed by atoms with Gasteiger partial charge in [-0.05, 0) is 48.5 Å². The predicted molar refractivity (Wildman–Crippen MR) is 112 cm³/mol. The molecule has 148 valence electrons. The van der Waals surface area contributed by atoms with Crippen molar-refractivity contribution in [3.05, 3.63) is 71.4 Å². The number of hydrogen-bond acceptors (Lipinski definition) is 3. The summed E-state index contributed by atoms with van der Waals surface area (Å²) >= 11 is 5.93. The molecule has 0 bridgehead atoms. The first-order valence-corrected chi connectivity index (χ1v) is 9.72. The molecule has 1 aliphatic rings. The summed E-state index contributed by atoms with van der Waals surface area (Å²) in [7, 11) is 1.93. The van der Waals surface area contributed by atoms with Crippen LogP contribution in [-0.2, 0) is 16.1 Å². The van der Waals surface area contributed by atoms with Crippen molar-refractivity contribution in [2.75, 3.05) is 30.4 Å². The Balaban J connectivity index is 1.41. The van der Waals surface area contributed by atoms with Gasteiger partial charge in [0.2, 0.25) is 5.91 Å².